The third-order valence-corrected chi connectivity index (χ3v) is 11.5. The number of fused-ring (bicyclic) bond motifs is 5. The minimum atomic E-state index is 0.277. The second kappa shape index (κ2) is 13.1. The fourth-order valence-electron chi connectivity index (χ4n) is 9.14. The van der Waals surface area contributed by atoms with E-state index in [0.29, 0.717) is 5.92 Å². The van der Waals surface area contributed by atoms with Gasteiger partial charge in [-0.15, -0.1) is 0 Å². The zero-order chi connectivity index (χ0) is 36.2. The maximum Gasteiger partial charge on any atom is 0.123 e. The van der Waals surface area contributed by atoms with Crippen LogP contribution in [-0.4, -0.2) is 5.11 Å². The molecule has 1 heteroatoms. The van der Waals surface area contributed by atoms with Crippen molar-refractivity contribution in [1.29, 1.82) is 0 Å². The molecule has 9 aromatic carbocycles. The maximum atomic E-state index is 11.5. The van der Waals surface area contributed by atoms with Crippen LogP contribution >= 0.6 is 0 Å². The third kappa shape index (κ3) is 5.16. The summed E-state index contributed by atoms with van der Waals surface area (Å²) in [5.41, 5.74) is 16.8. The zero-order valence-electron chi connectivity index (χ0n) is 30.1. The van der Waals surface area contributed by atoms with Gasteiger partial charge in [0.1, 0.15) is 5.75 Å². The van der Waals surface area contributed by atoms with Crippen molar-refractivity contribution in [2.45, 2.75) is 19.3 Å². The van der Waals surface area contributed by atoms with Crippen LogP contribution in [0.1, 0.15) is 28.2 Å². The van der Waals surface area contributed by atoms with E-state index in [4.69, 9.17) is 0 Å². The first-order valence-electron chi connectivity index (χ1n) is 18.8. The predicted molar refractivity (Wildman–Crippen MR) is 227 cm³/mol. The van der Waals surface area contributed by atoms with Crippen molar-refractivity contribution in [3.63, 3.8) is 0 Å². The van der Waals surface area contributed by atoms with Crippen LogP contribution in [0.5, 0.6) is 5.75 Å². The fraction of sp³-hybridized carbons (Fsp3) is 0.0566. The van der Waals surface area contributed by atoms with Gasteiger partial charge in [-0.25, -0.2) is 0 Å². The highest BCUT2D eigenvalue weighted by molar-refractivity contribution is 6.22. The second-order valence-electron chi connectivity index (χ2n) is 14.5. The lowest BCUT2D eigenvalue weighted by Crippen LogP contribution is -2.13. The molecule has 0 saturated heterocycles. The summed E-state index contributed by atoms with van der Waals surface area (Å²) in [6.45, 7) is 2.13. The van der Waals surface area contributed by atoms with Gasteiger partial charge in [-0.3, -0.25) is 0 Å². The third-order valence-electron chi connectivity index (χ3n) is 11.5. The first kappa shape index (κ1) is 32.0. The van der Waals surface area contributed by atoms with Crippen molar-refractivity contribution in [3.05, 3.63) is 210 Å². The average Bonchev–Trinajstić information content (AvgIpc) is 3.23. The van der Waals surface area contributed by atoms with Gasteiger partial charge in [0.25, 0.3) is 0 Å². The van der Waals surface area contributed by atoms with E-state index in [1.165, 1.54) is 66.1 Å². The van der Waals surface area contributed by atoms with Crippen LogP contribution in [0, 0.1) is 6.92 Å². The summed E-state index contributed by atoms with van der Waals surface area (Å²) in [5, 5.41) is 16.4. The number of aryl methyl sites for hydroxylation is 1. The molecule has 0 bridgehead atoms. The van der Waals surface area contributed by atoms with E-state index in [1.54, 1.807) is 0 Å². The van der Waals surface area contributed by atoms with Gasteiger partial charge in [0.2, 0.25) is 0 Å². The Morgan fingerprint density at radius 1 is 0.407 bits per heavy atom. The summed E-state index contributed by atoms with van der Waals surface area (Å²) >= 11 is 0. The molecule has 0 spiro atoms. The van der Waals surface area contributed by atoms with E-state index in [9.17, 15) is 5.11 Å². The van der Waals surface area contributed by atoms with Crippen molar-refractivity contribution < 1.29 is 5.11 Å². The van der Waals surface area contributed by atoms with E-state index in [1.807, 2.05) is 12.1 Å². The average molecular weight is 691 g/mol. The van der Waals surface area contributed by atoms with Crippen LogP contribution in [0.2, 0.25) is 0 Å². The molecule has 0 amide bonds. The summed E-state index contributed by atoms with van der Waals surface area (Å²) in [5.74, 6) is 0.583. The van der Waals surface area contributed by atoms with Gasteiger partial charge in [0, 0.05) is 11.5 Å². The largest absolute Gasteiger partial charge is 0.507 e. The Balaban J connectivity index is 1.22. The van der Waals surface area contributed by atoms with E-state index >= 15 is 0 Å². The first-order valence-corrected chi connectivity index (χ1v) is 18.8. The molecule has 0 aromatic heterocycles. The Morgan fingerprint density at radius 2 is 0.981 bits per heavy atom. The minimum Gasteiger partial charge on any atom is -0.507 e. The highest BCUT2D eigenvalue weighted by Gasteiger charge is 2.29. The molecule has 1 nitrogen and oxygen atoms in total. The zero-order valence-corrected chi connectivity index (χ0v) is 30.1. The lowest BCUT2D eigenvalue weighted by atomic mass is 9.73. The monoisotopic (exact) mass is 690 g/mol. The van der Waals surface area contributed by atoms with E-state index in [0.717, 1.165) is 39.8 Å². The highest BCUT2D eigenvalue weighted by Crippen LogP contribution is 2.51. The molecular formula is C53H38O. The summed E-state index contributed by atoms with van der Waals surface area (Å²) in [7, 11) is 0. The van der Waals surface area contributed by atoms with Crippen molar-refractivity contribution in [2.24, 2.45) is 0 Å². The van der Waals surface area contributed by atoms with E-state index < -0.39 is 0 Å². The van der Waals surface area contributed by atoms with E-state index in [2.05, 4.69) is 183 Å². The Hall–Kier alpha value is -6.70. The molecule has 0 saturated carbocycles. The highest BCUT2D eigenvalue weighted by atomic mass is 16.3. The first-order chi connectivity index (χ1) is 26.7. The molecule has 1 atom stereocenters. The van der Waals surface area contributed by atoms with Gasteiger partial charge >= 0.3 is 0 Å². The maximum absolute atomic E-state index is 11.5. The van der Waals surface area contributed by atoms with Crippen molar-refractivity contribution in [1.82, 2.24) is 0 Å². The smallest absolute Gasteiger partial charge is 0.123 e. The van der Waals surface area contributed by atoms with Gasteiger partial charge in [-0.05, 0) is 119 Å². The molecule has 0 fully saturated rings. The number of rotatable bonds is 5. The van der Waals surface area contributed by atoms with Crippen molar-refractivity contribution in [3.8, 4) is 61.4 Å². The van der Waals surface area contributed by atoms with Gasteiger partial charge in [0.15, 0.2) is 0 Å². The summed E-state index contributed by atoms with van der Waals surface area (Å²) < 4.78 is 0. The van der Waals surface area contributed by atoms with Crippen molar-refractivity contribution in [2.75, 3.05) is 0 Å². The topological polar surface area (TPSA) is 20.2 Å². The van der Waals surface area contributed by atoms with Gasteiger partial charge in [-0.2, -0.15) is 0 Å². The lowest BCUT2D eigenvalue weighted by molar-refractivity contribution is 0.477. The molecule has 1 aliphatic rings. The second-order valence-corrected chi connectivity index (χ2v) is 14.5. The normalized spacial score (nSPS) is 13.5. The van der Waals surface area contributed by atoms with Gasteiger partial charge < -0.3 is 5.11 Å². The number of aromatic hydroxyl groups is 1. The summed E-state index contributed by atoms with van der Waals surface area (Å²) in [4.78, 5) is 0. The quantitative estimate of drug-likeness (QED) is 0.178. The van der Waals surface area contributed by atoms with Gasteiger partial charge in [-0.1, -0.05) is 176 Å². The number of phenols is 1. The SMILES string of the molecule is Cc1cccc(-c2ccccc2)c1-c1cc(-c2c3ccccc3c(-c3cccc4c3-c3ccccc3C(c3ccccc3)C4)c3ccccc23)ccc1O. The molecule has 10 rings (SSSR count). The van der Waals surface area contributed by atoms with Crippen LogP contribution in [0.3, 0.4) is 0 Å². The van der Waals surface area contributed by atoms with Crippen molar-refractivity contribution >= 4 is 21.5 Å². The Morgan fingerprint density at radius 3 is 1.70 bits per heavy atom. The fourth-order valence-corrected chi connectivity index (χ4v) is 9.14. The predicted octanol–water partition coefficient (Wildman–Crippen LogP) is 14.0. The Bertz CT molecular complexity index is 2810. The molecule has 0 heterocycles. The minimum absolute atomic E-state index is 0.277. The van der Waals surface area contributed by atoms with Crippen LogP contribution in [0.25, 0.3) is 77.2 Å². The molecule has 0 radical (unpaired) electrons. The van der Waals surface area contributed by atoms with Crippen LogP contribution in [0.15, 0.2) is 188 Å². The molecule has 0 aliphatic heterocycles. The molecule has 54 heavy (non-hydrogen) atoms. The Labute approximate surface area is 316 Å². The lowest BCUT2D eigenvalue weighted by Gasteiger charge is -2.30. The number of phenolic OH excluding ortho intramolecular Hbond substituents is 1. The molecule has 1 aliphatic carbocycles. The molecule has 1 N–H and O–H groups in total. The van der Waals surface area contributed by atoms with Gasteiger partial charge in [0.05, 0.1) is 0 Å². The van der Waals surface area contributed by atoms with Crippen LogP contribution in [0.4, 0.5) is 0 Å². The standard InChI is InChI=1S/C53H38O/c1-34-16-14-28-39(35-17-4-2-5-18-35)50(34)48-33-38(30-31-49(48)54)51-42-24-10-12-26-44(42)53(45-27-13-11-25-43(45)51)46-29-15-21-37-32-47(36-19-6-3-7-20-36)40-22-8-9-23-41(40)52(37)46/h2-31,33,47,54H,32H2,1H3. The molecule has 256 valence electrons. The number of hydrogen-bond acceptors (Lipinski definition) is 1. The number of hydrogen-bond donors (Lipinski definition) is 1. The Kier molecular flexibility index (Phi) is 7.74. The van der Waals surface area contributed by atoms with Crippen LogP contribution in [-0.2, 0) is 6.42 Å². The molecule has 1 unspecified atom stereocenters. The summed E-state index contributed by atoms with van der Waals surface area (Å²) in [6.07, 6.45) is 0.957. The molecular weight excluding hydrogens is 653 g/mol. The van der Waals surface area contributed by atoms with E-state index in [-0.39, 0.29) is 5.75 Å². The summed E-state index contributed by atoms with van der Waals surface area (Å²) in [6, 6.07) is 67.7. The molecule has 9 aromatic rings. The van der Waals surface area contributed by atoms with Crippen LogP contribution < -0.4 is 0 Å². The number of benzene rings is 9.